The molecule has 15 heavy (non-hydrogen) atoms. The molecule has 0 bridgehead atoms. The second-order valence-electron chi connectivity index (χ2n) is 2.79. The maximum Gasteiger partial charge on any atom is 0.303 e. The normalized spacial score (nSPS) is 9.67. The fraction of sp³-hybridized carbons (Fsp3) is 0.222. The van der Waals surface area contributed by atoms with Crippen LogP contribution in [0.15, 0.2) is 18.2 Å². The molecule has 0 saturated carbocycles. The van der Waals surface area contributed by atoms with Crippen molar-refractivity contribution in [3.05, 3.63) is 24.1 Å². The van der Waals surface area contributed by atoms with Crippen molar-refractivity contribution >= 4 is 17.7 Å². The summed E-state index contributed by atoms with van der Waals surface area (Å²) in [6.07, 6.45) is -0.422. The summed E-state index contributed by atoms with van der Waals surface area (Å²) in [7, 11) is 0. The van der Waals surface area contributed by atoms with Gasteiger partial charge in [-0.1, -0.05) is 6.07 Å². The Bertz CT molecular complexity index is 381. The van der Waals surface area contributed by atoms with Crippen LogP contribution in [0.3, 0.4) is 0 Å². The van der Waals surface area contributed by atoms with Gasteiger partial charge >= 0.3 is 5.97 Å². The van der Waals surface area contributed by atoms with E-state index in [0.29, 0.717) is 0 Å². The van der Waals surface area contributed by atoms with Gasteiger partial charge in [0.05, 0.1) is 6.42 Å². The summed E-state index contributed by atoms with van der Waals surface area (Å²) >= 11 is 0. The Hall–Kier alpha value is -1.98. The number of carbonyl (C=O) groups is 2. The molecule has 0 radical (unpaired) electrons. The molecule has 0 aromatic carbocycles. The zero-order chi connectivity index (χ0) is 11.3. The van der Waals surface area contributed by atoms with Gasteiger partial charge in [-0.15, -0.1) is 0 Å². The van der Waals surface area contributed by atoms with Crippen molar-refractivity contribution in [1.82, 2.24) is 4.98 Å². The van der Waals surface area contributed by atoms with Gasteiger partial charge in [0.25, 0.3) is 0 Å². The zero-order valence-corrected chi connectivity index (χ0v) is 7.74. The first-order valence-corrected chi connectivity index (χ1v) is 4.22. The Morgan fingerprint density at radius 3 is 2.73 bits per heavy atom. The number of nitrogens with zero attached hydrogens (tertiary/aromatic N) is 1. The molecule has 0 aliphatic rings. The first kappa shape index (κ1) is 11.1. The van der Waals surface area contributed by atoms with Crippen molar-refractivity contribution in [3.63, 3.8) is 0 Å². The number of carboxylic acids is 1. The molecule has 2 N–H and O–H groups in total. The van der Waals surface area contributed by atoms with Crippen molar-refractivity contribution in [2.45, 2.75) is 12.8 Å². The minimum atomic E-state index is -1.06. The van der Waals surface area contributed by atoms with Gasteiger partial charge in [0.2, 0.25) is 11.9 Å². The van der Waals surface area contributed by atoms with Crippen LogP contribution in [0.25, 0.3) is 0 Å². The highest BCUT2D eigenvalue weighted by Crippen LogP contribution is 2.04. The zero-order valence-electron chi connectivity index (χ0n) is 7.74. The molecule has 80 valence electrons. The maximum absolute atomic E-state index is 12.6. The van der Waals surface area contributed by atoms with E-state index in [1.165, 1.54) is 12.1 Å². The van der Waals surface area contributed by atoms with Crippen molar-refractivity contribution in [3.8, 4) is 0 Å². The van der Waals surface area contributed by atoms with E-state index in [0.717, 1.165) is 6.07 Å². The molecule has 1 aromatic heterocycles. The summed E-state index contributed by atoms with van der Waals surface area (Å²) in [5, 5.41) is 10.6. The van der Waals surface area contributed by atoms with Crippen LogP contribution in [0.1, 0.15) is 12.8 Å². The number of aromatic nitrogens is 1. The van der Waals surface area contributed by atoms with Crippen LogP contribution in [0, 0.1) is 5.95 Å². The Balaban J connectivity index is 2.48. The molecule has 6 heteroatoms. The molecule has 0 aliphatic carbocycles. The predicted octanol–water partition coefficient (Wildman–Crippen LogP) is 1.02. The number of rotatable bonds is 4. The Kier molecular flexibility index (Phi) is 3.73. The quantitative estimate of drug-likeness (QED) is 0.730. The molecule has 1 amide bonds. The van der Waals surface area contributed by atoms with Crippen LogP contribution in [0.5, 0.6) is 0 Å². The summed E-state index contributed by atoms with van der Waals surface area (Å²) < 4.78 is 12.6. The monoisotopic (exact) mass is 212 g/mol. The molecule has 1 rings (SSSR count). The Morgan fingerprint density at radius 2 is 2.13 bits per heavy atom. The number of hydrogen-bond acceptors (Lipinski definition) is 3. The lowest BCUT2D eigenvalue weighted by Gasteiger charge is -2.02. The second kappa shape index (κ2) is 5.04. The molecule has 0 saturated heterocycles. The summed E-state index contributed by atoms with van der Waals surface area (Å²) in [5.41, 5.74) is 0. The Morgan fingerprint density at radius 1 is 1.40 bits per heavy atom. The number of carbonyl (C=O) groups excluding carboxylic acids is 1. The second-order valence-corrected chi connectivity index (χ2v) is 2.79. The van der Waals surface area contributed by atoms with E-state index in [2.05, 4.69) is 10.3 Å². The van der Waals surface area contributed by atoms with Crippen molar-refractivity contribution in [1.29, 1.82) is 0 Å². The van der Waals surface area contributed by atoms with Crippen LogP contribution in [0.2, 0.25) is 0 Å². The van der Waals surface area contributed by atoms with Crippen molar-refractivity contribution in [2.75, 3.05) is 5.32 Å². The number of hydrogen-bond donors (Lipinski definition) is 2. The average Bonchev–Trinajstić information content (AvgIpc) is 2.15. The molecule has 1 heterocycles. The summed E-state index contributed by atoms with van der Waals surface area (Å²) in [4.78, 5) is 24.6. The molecule has 0 unspecified atom stereocenters. The van der Waals surface area contributed by atoms with Gasteiger partial charge in [0, 0.05) is 6.42 Å². The smallest absolute Gasteiger partial charge is 0.303 e. The van der Waals surface area contributed by atoms with E-state index in [1.54, 1.807) is 0 Å². The first-order valence-electron chi connectivity index (χ1n) is 4.22. The van der Waals surface area contributed by atoms with Gasteiger partial charge < -0.3 is 10.4 Å². The summed E-state index contributed by atoms with van der Waals surface area (Å²) in [5.74, 6) is -2.19. The number of aliphatic carboxylic acids is 1. The van der Waals surface area contributed by atoms with E-state index in [4.69, 9.17) is 5.11 Å². The van der Waals surface area contributed by atoms with Gasteiger partial charge in [-0.2, -0.15) is 4.39 Å². The van der Waals surface area contributed by atoms with E-state index >= 15 is 0 Å². The van der Waals surface area contributed by atoms with Gasteiger partial charge in [0.1, 0.15) is 5.82 Å². The third kappa shape index (κ3) is 4.17. The number of pyridine rings is 1. The van der Waals surface area contributed by atoms with Gasteiger partial charge in [0.15, 0.2) is 0 Å². The number of halogens is 1. The van der Waals surface area contributed by atoms with Crippen LogP contribution in [-0.2, 0) is 9.59 Å². The van der Waals surface area contributed by atoms with E-state index in [-0.39, 0.29) is 18.7 Å². The lowest BCUT2D eigenvalue weighted by atomic mass is 10.3. The minimum absolute atomic E-state index is 0.0744. The van der Waals surface area contributed by atoms with E-state index in [1.807, 2.05) is 0 Å². The number of anilines is 1. The largest absolute Gasteiger partial charge is 0.481 e. The number of nitrogens with one attached hydrogen (secondary N) is 1. The molecule has 0 aliphatic heterocycles. The first-order chi connectivity index (χ1) is 7.08. The predicted molar refractivity (Wildman–Crippen MR) is 49.7 cm³/mol. The molecule has 1 aromatic rings. The van der Waals surface area contributed by atoms with Crippen LogP contribution in [-0.4, -0.2) is 22.0 Å². The summed E-state index contributed by atoms with van der Waals surface area (Å²) in [6, 6.07) is 3.96. The fourth-order valence-corrected chi connectivity index (χ4v) is 0.904. The highest BCUT2D eigenvalue weighted by molar-refractivity contribution is 5.91. The lowest BCUT2D eigenvalue weighted by molar-refractivity contribution is -0.138. The SMILES string of the molecule is O=C(O)CCC(=O)Nc1cccc(F)n1. The number of carboxylic acid groups (broad SMARTS) is 1. The molecule has 0 atom stereocenters. The average molecular weight is 212 g/mol. The number of amides is 1. The molecular weight excluding hydrogens is 203 g/mol. The third-order valence-electron chi connectivity index (χ3n) is 1.55. The highest BCUT2D eigenvalue weighted by Gasteiger charge is 2.06. The van der Waals surface area contributed by atoms with Crippen LogP contribution >= 0.6 is 0 Å². The maximum atomic E-state index is 12.6. The van der Waals surface area contributed by atoms with Crippen LogP contribution < -0.4 is 5.32 Å². The standard InChI is InChI=1S/C9H9FN2O3/c10-6-2-1-3-7(11-6)12-8(13)4-5-9(14)15/h1-3H,4-5H2,(H,14,15)(H,11,12,13). The topological polar surface area (TPSA) is 79.3 Å². The van der Waals surface area contributed by atoms with E-state index in [9.17, 15) is 14.0 Å². The van der Waals surface area contributed by atoms with Crippen LogP contribution in [0.4, 0.5) is 10.2 Å². The molecule has 0 spiro atoms. The lowest BCUT2D eigenvalue weighted by Crippen LogP contribution is -2.14. The van der Waals surface area contributed by atoms with E-state index < -0.39 is 17.8 Å². The minimum Gasteiger partial charge on any atom is -0.481 e. The van der Waals surface area contributed by atoms with Gasteiger partial charge in [-0.05, 0) is 12.1 Å². The molecule has 5 nitrogen and oxygen atoms in total. The third-order valence-corrected chi connectivity index (χ3v) is 1.55. The summed E-state index contributed by atoms with van der Waals surface area (Å²) in [6.45, 7) is 0. The van der Waals surface area contributed by atoms with Gasteiger partial charge in [-0.25, -0.2) is 4.98 Å². The molecular formula is C9H9FN2O3. The van der Waals surface area contributed by atoms with Crippen molar-refractivity contribution in [2.24, 2.45) is 0 Å². The Labute approximate surface area is 84.9 Å². The highest BCUT2D eigenvalue weighted by atomic mass is 19.1. The van der Waals surface area contributed by atoms with Gasteiger partial charge in [-0.3, -0.25) is 9.59 Å². The fourth-order valence-electron chi connectivity index (χ4n) is 0.904. The molecule has 0 fully saturated rings. The van der Waals surface area contributed by atoms with Crippen molar-refractivity contribution < 1.29 is 19.1 Å².